The van der Waals surface area contributed by atoms with Crippen molar-refractivity contribution in [3.05, 3.63) is 48.5 Å². The molecule has 1 N–H and O–H groups in total. The summed E-state index contributed by atoms with van der Waals surface area (Å²) < 4.78 is 11.0. The standard InChI is InChI=1S/C21H26N2O3/c1-16(26-20-9-5-4-8-19(20)25-2)21(24)22-17-10-12-18(13-11-17)23-14-6-3-7-15-23/h4-5,8-13,16H,3,6-7,14-15H2,1-2H3,(H,22,24)/t16-/m0/s1. The Labute approximate surface area is 154 Å². The monoisotopic (exact) mass is 354 g/mol. The summed E-state index contributed by atoms with van der Waals surface area (Å²) in [5.41, 5.74) is 1.98. The van der Waals surface area contributed by atoms with E-state index in [1.807, 2.05) is 24.3 Å². The number of para-hydroxylation sites is 2. The van der Waals surface area contributed by atoms with Crippen molar-refractivity contribution in [1.29, 1.82) is 0 Å². The van der Waals surface area contributed by atoms with Crippen LogP contribution in [0.1, 0.15) is 26.2 Å². The predicted molar refractivity (Wildman–Crippen MR) is 104 cm³/mol. The molecule has 0 spiro atoms. The van der Waals surface area contributed by atoms with E-state index in [2.05, 4.69) is 22.3 Å². The zero-order valence-electron chi connectivity index (χ0n) is 15.4. The fourth-order valence-electron chi connectivity index (χ4n) is 3.11. The van der Waals surface area contributed by atoms with Gasteiger partial charge >= 0.3 is 0 Å². The molecule has 5 nitrogen and oxygen atoms in total. The van der Waals surface area contributed by atoms with Gasteiger partial charge in [-0.25, -0.2) is 0 Å². The van der Waals surface area contributed by atoms with Gasteiger partial charge in [-0.05, 0) is 62.6 Å². The summed E-state index contributed by atoms with van der Waals surface area (Å²) in [6.45, 7) is 3.94. The highest BCUT2D eigenvalue weighted by molar-refractivity contribution is 5.94. The highest BCUT2D eigenvalue weighted by Crippen LogP contribution is 2.27. The number of methoxy groups -OCH3 is 1. The van der Waals surface area contributed by atoms with E-state index in [0.717, 1.165) is 18.8 Å². The van der Waals surface area contributed by atoms with Gasteiger partial charge in [0.1, 0.15) is 0 Å². The molecule has 0 aliphatic carbocycles. The van der Waals surface area contributed by atoms with Crippen molar-refractivity contribution in [2.45, 2.75) is 32.3 Å². The van der Waals surface area contributed by atoms with Gasteiger partial charge in [-0.2, -0.15) is 0 Å². The first-order valence-electron chi connectivity index (χ1n) is 9.13. The van der Waals surface area contributed by atoms with Crippen molar-refractivity contribution in [2.75, 3.05) is 30.4 Å². The van der Waals surface area contributed by atoms with Crippen LogP contribution >= 0.6 is 0 Å². The minimum absolute atomic E-state index is 0.193. The minimum Gasteiger partial charge on any atom is -0.493 e. The lowest BCUT2D eigenvalue weighted by molar-refractivity contribution is -0.122. The maximum atomic E-state index is 12.4. The van der Waals surface area contributed by atoms with Gasteiger partial charge in [0.05, 0.1) is 7.11 Å². The van der Waals surface area contributed by atoms with Gasteiger partial charge in [-0.1, -0.05) is 12.1 Å². The number of benzene rings is 2. The molecule has 1 fully saturated rings. The Morgan fingerprint density at radius 3 is 2.31 bits per heavy atom. The Morgan fingerprint density at radius 2 is 1.65 bits per heavy atom. The van der Waals surface area contributed by atoms with E-state index >= 15 is 0 Å². The van der Waals surface area contributed by atoms with Gasteiger partial charge in [-0.15, -0.1) is 0 Å². The van der Waals surface area contributed by atoms with Gasteiger partial charge < -0.3 is 19.7 Å². The van der Waals surface area contributed by atoms with Crippen molar-refractivity contribution in [1.82, 2.24) is 0 Å². The average molecular weight is 354 g/mol. The summed E-state index contributed by atoms with van der Waals surface area (Å²) in [7, 11) is 1.58. The van der Waals surface area contributed by atoms with Gasteiger partial charge in [0.2, 0.25) is 0 Å². The first-order chi connectivity index (χ1) is 12.7. The molecular formula is C21H26N2O3. The second-order valence-corrected chi connectivity index (χ2v) is 6.49. The number of carbonyl (C=O) groups is 1. The van der Waals surface area contributed by atoms with E-state index in [-0.39, 0.29) is 5.91 Å². The van der Waals surface area contributed by atoms with E-state index in [1.54, 1.807) is 26.2 Å². The average Bonchev–Trinajstić information content (AvgIpc) is 2.69. The fraction of sp³-hybridized carbons (Fsp3) is 0.381. The van der Waals surface area contributed by atoms with Crippen LogP contribution in [-0.4, -0.2) is 32.2 Å². The molecule has 1 saturated heterocycles. The van der Waals surface area contributed by atoms with E-state index in [9.17, 15) is 4.79 Å². The third-order valence-corrected chi connectivity index (χ3v) is 4.60. The van der Waals surface area contributed by atoms with Crippen molar-refractivity contribution < 1.29 is 14.3 Å². The molecule has 2 aromatic carbocycles. The van der Waals surface area contributed by atoms with Crippen molar-refractivity contribution in [3.63, 3.8) is 0 Å². The molecule has 1 heterocycles. The first-order valence-corrected chi connectivity index (χ1v) is 9.13. The van der Waals surface area contributed by atoms with E-state index < -0.39 is 6.10 Å². The topological polar surface area (TPSA) is 50.8 Å². The van der Waals surface area contributed by atoms with Crippen LogP contribution in [0.2, 0.25) is 0 Å². The number of piperidine rings is 1. The number of hydrogen-bond donors (Lipinski definition) is 1. The maximum Gasteiger partial charge on any atom is 0.265 e. The van der Waals surface area contributed by atoms with Crippen molar-refractivity contribution in [2.24, 2.45) is 0 Å². The van der Waals surface area contributed by atoms with Crippen LogP contribution in [0.4, 0.5) is 11.4 Å². The molecule has 26 heavy (non-hydrogen) atoms. The number of anilines is 2. The number of nitrogens with one attached hydrogen (secondary N) is 1. The lowest BCUT2D eigenvalue weighted by atomic mass is 10.1. The van der Waals surface area contributed by atoms with Crippen molar-refractivity contribution in [3.8, 4) is 11.5 Å². The molecule has 0 aromatic heterocycles. The molecular weight excluding hydrogens is 328 g/mol. The number of ether oxygens (including phenoxy) is 2. The third kappa shape index (κ3) is 4.48. The van der Waals surface area contributed by atoms with E-state index in [1.165, 1.54) is 24.9 Å². The highest BCUT2D eigenvalue weighted by atomic mass is 16.5. The quantitative estimate of drug-likeness (QED) is 0.849. The molecule has 1 aliphatic heterocycles. The molecule has 1 aliphatic rings. The Hall–Kier alpha value is -2.69. The van der Waals surface area contributed by atoms with Crippen LogP contribution in [0.15, 0.2) is 48.5 Å². The van der Waals surface area contributed by atoms with Crippen molar-refractivity contribution >= 4 is 17.3 Å². The Morgan fingerprint density at radius 1 is 1.00 bits per heavy atom. The summed E-state index contributed by atoms with van der Waals surface area (Å²) in [5, 5.41) is 2.91. The molecule has 1 amide bonds. The molecule has 0 saturated carbocycles. The fourth-order valence-corrected chi connectivity index (χ4v) is 3.11. The number of rotatable bonds is 6. The van der Waals surface area contributed by atoms with Crippen LogP contribution in [-0.2, 0) is 4.79 Å². The molecule has 3 rings (SSSR count). The van der Waals surface area contributed by atoms with Gasteiger partial charge in [0, 0.05) is 24.5 Å². The Balaban J connectivity index is 1.58. The second-order valence-electron chi connectivity index (χ2n) is 6.49. The first kappa shape index (κ1) is 18.1. The van der Waals surface area contributed by atoms with Crippen LogP contribution in [0.5, 0.6) is 11.5 Å². The zero-order chi connectivity index (χ0) is 18.4. The largest absolute Gasteiger partial charge is 0.493 e. The minimum atomic E-state index is -0.631. The summed E-state index contributed by atoms with van der Waals surface area (Å²) >= 11 is 0. The smallest absolute Gasteiger partial charge is 0.265 e. The van der Waals surface area contributed by atoms with Crippen LogP contribution in [0.3, 0.4) is 0 Å². The lowest BCUT2D eigenvalue weighted by Crippen LogP contribution is -2.30. The van der Waals surface area contributed by atoms with Gasteiger partial charge in [0.15, 0.2) is 17.6 Å². The number of amides is 1. The summed E-state index contributed by atoms with van der Waals surface area (Å²) in [5.74, 6) is 0.970. The molecule has 5 heteroatoms. The Bertz CT molecular complexity index is 724. The molecule has 0 radical (unpaired) electrons. The number of hydrogen-bond acceptors (Lipinski definition) is 4. The van der Waals surface area contributed by atoms with Crippen LogP contribution in [0, 0.1) is 0 Å². The highest BCUT2D eigenvalue weighted by Gasteiger charge is 2.17. The number of nitrogens with zero attached hydrogens (tertiary/aromatic N) is 1. The van der Waals surface area contributed by atoms with Crippen LogP contribution < -0.4 is 19.7 Å². The molecule has 0 unspecified atom stereocenters. The van der Waals surface area contributed by atoms with E-state index in [4.69, 9.17) is 9.47 Å². The molecule has 0 bridgehead atoms. The molecule has 2 aromatic rings. The zero-order valence-corrected chi connectivity index (χ0v) is 15.4. The van der Waals surface area contributed by atoms with Gasteiger partial charge in [-0.3, -0.25) is 4.79 Å². The second kappa shape index (κ2) is 8.61. The summed E-state index contributed by atoms with van der Waals surface area (Å²) in [4.78, 5) is 14.8. The molecule has 138 valence electrons. The maximum absolute atomic E-state index is 12.4. The number of carbonyl (C=O) groups excluding carboxylic acids is 1. The van der Waals surface area contributed by atoms with Crippen LogP contribution in [0.25, 0.3) is 0 Å². The normalized spacial score (nSPS) is 15.2. The van der Waals surface area contributed by atoms with E-state index in [0.29, 0.717) is 11.5 Å². The summed E-state index contributed by atoms with van der Waals surface area (Å²) in [6, 6.07) is 15.3. The third-order valence-electron chi connectivity index (χ3n) is 4.60. The Kier molecular flexibility index (Phi) is 6.00. The predicted octanol–water partition coefficient (Wildman–Crippen LogP) is 4.09. The summed E-state index contributed by atoms with van der Waals surface area (Å²) in [6.07, 6.45) is 3.18. The lowest BCUT2D eigenvalue weighted by Gasteiger charge is -2.28. The van der Waals surface area contributed by atoms with Gasteiger partial charge in [0.25, 0.3) is 5.91 Å². The molecule has 1 atom stereocenters. The SMILES string of the molecule is COc1ccccc1O[C@@H](C)C(=O)Nc1ccc(N2CCCCC2)cc1.